The lowest BCUT2D eigenvalue weighted by molar-refractivity contribution is -0.384. The molecule has 1 aromatic rings. The van der Waals surface area contributed by atoms with Gasteiger partial charge in [0.1, 0.15) is 11.3 Å². The van der Waals surface area contributed by atoms with Gasteiger partial charge in [-0.25, -0.2) is 0 Å². The maximum atomic E-state index is 11.6. The molecule has 0 aliphatic heterocycles. The molecule has 7 nitrogen and oxygen atoms in total. The van der Waals surface area contributed by atoms with Gasteiger partial charge in [-0.3, -0.25) is 14.9 Å². The number of rotatable bonds is 8. The van der Waals surface area contributed by atoms with Crippen LogP contribution in [0.5, 0.6) is 5.75 Å². The Labute approximate surface area is 123 Å². The van der Waals surface area contributed by atoms with E-state index < -0.39 is 10.5 Å². The average molecular weight is 296 g/mol. The summed E-state index contributed by atoms with van der Waals surface area (Å²) >= 11 is 0. The van der Waals surface area contributed by atoms with Crippen LogP contribution in [0, 0.1) is 10.1 Å². The van der Waals surface area contributed by atoms with Crippen molar-refractivity contribution >= 4 is 11.7 Å². The van der Waals surface area contributed by atoms with E-state index in [1.54, 1.807) is 26.1 Å². The van der Waals surface area contributed by atoms with Crippen LogP contribution < -0.4 is 10.1 Å². The molecule has 1 aromatic carbocycles. The molecule has 116 valence electrons. The Hall–Kier alpha value is -2.15. The molecule has 0 saturated heterocycles. The number of carbonyl (C=O) groups excluding carboxylic acids is 1. The minimum absolute atomic E-state index is 0.0119. The molecule has 1 N–H and O–H groups in total. The third-order valence-corrected chi connectivity index (χ3v) is 3.31. The van der Waals surface area contributed by atoms with Gasteiger partial charge in [0.2, 0.25) is 0 Å². The number of methoxy groups -OCH3 is 1. The van der Waals surface area contributed by atoms with E-state index >= 15 is 0 Å². The minimum Gasteiger partial charge on any atom is -0.493 e. The summed E-state index contributed by atoms with van der Waals surface area (Å²) in [6.45, 7) is 2.11. The number of esters is 1. The van der Waals surface area contributed by atoms with Crippen molar-refractivity contribution in [2.75, 3.05) is 20.8 Å². The molecule has 0 spiro atoms. The van der Waals surface area contributed by atoms with Crippen LogP contribution in [0.3, 0.4) is 0 Å². The highest BCUT2D eigenvalue weighted by Crippen LogP contribution is 2.20. The summed E-state index contributed by atoms with van der Waals surface area (Å²) in [6, 6.07) is 6.00. The number of carbonyl (C=O) groups is 1. The molecule has 0 saturated carbocycles. The smallest absolute Gasteiger partial charge is 0.325 e. The van der Waals surface area contributed by atoms with Crippen LogP contribution in [0.4, 0.5) is 5.69 Å². The Balaban J connectivity index is 2.48. The summed E-state index contributed by atoms with van der Waals surface area (Å²) in [5.74, 6) is 0.105. The van der Waals surface area contributed by atoms with Crippen molar-refractivity contribution in [2.24, 2.45) is 0 Å². The quantitative estimate of drug-likeness (QED) is 0.341. The van der Waals surface area contributed by atoms with E-state index in [0.29, 0.717) is 25.2 Å². The number of nitro benzene ring substituents is 1. The summed E-state index contributed by atoms with van der Waals surface area (Å²) in [4.78, 5) is 21.8. The van der Waals surface area contributed by atoms with Gasteiger partial charge in [0.15, 0.2) is 0 Å². The Morgan fingerprint density at radius 2 is 2.19 bits per heavy atom. The average Bonchev–Trinajstić information content (AvgIpc) is 2.50. The number of nitro groups is 1. The van der Waals surface area contributed by atoms with Gasteiger partial charge in [0.25, 0.3) is 5.69 Å². The van der Waals surface area contributed by atoms with Crippen LogP contribution in [0.1, 0.15) is 19.8 Å². The number of likely N-dealkylation sites (N-methyl/N-ethyl adjacent to an activating group) is 1. The zero-order chi connectivity index (χ0) is 15.9. The molecule has 1 unspecified atom stereocenters. The molecule has 0 fully saturated rings. The molecule has 0 bridgehead atoms. The fourth-order valence-corrected chi connectivity index (χ4v) is 1.86. The Bertz CT molecular complexity index is 506. The first-order valence-corrected chi connectivity index (χ1v) is 6.57. The van der Waals surface area contributed by atoms with E-state index in [-0.39, 0.29) is 11.7 Å². The molecule has 0 aliphatic rings. The summed E-state index contributed by atoms with van der Waals surface area (Å²) in [5.41, 5.74) is -0.775. The van der Waals surface area contributed by atoms with Gasteiger partial charge in [-0.1, -0.05) is 6.07 Å². The maximum absolute atomic E-state index is 11.6. The lowest BCUT2D eigenvalue weighted by atomic mass is 9.96. The molecule has 1 rings (SSSR count). The number of hydrogen-bond acceptors (Lipinski definition) is 6. The lowest BCUT2D eigenvalue weighted by Gasteiger charge is -2.25. The van der Waals surface area contributed by atoms with Crippen LogP contribution in [0.2, 0.25) is 0 Å². The third-order valence-electron chi connectivity index (χ3n) is 3.31. The van der Waals surface area contributed by atoms with E-state index in [9.17, 15) is 14.9 Å². The van der Waals surface area contributed by atoms with Crippen LogP contribution in [-0.4, -0.2) is 37.2 Å². The highest BCUT2D eigenvalue weighted by atomic mass is 16.6. The molecule has 7 heteroatoms. The summed E-state index contributed by atoms with van der Waals surface area (Å²) in [7, 11) is 3.04. The molecule has 21 heavy (non-hydrogen) atoms. The predicted molar refractivity (Wildman–Crippen MR) is 77.3 cm³/mol. The molecule has 0 heterocycles. The fourth-order valence-electron chi connectivity index (χ4n) is 1.86. The van der Waals surface area contributed by atoms with Gasteiger partial charge in [0.05, 0.1) is 24.7 Å². The number of non-ortho nitro benzene ring substituents is 1. The number of ether oxygens (including phenoxy) is 2. The number of hydrogen-bond donors (Lipinski definition) is 1. The molecule has 0 aromatic heterocycles. The van der Waals surface area contributed by atoms with E-state index in [0.717, 1.165) is 0 Å². The Kier molecular flexibility index (Phi) is 6.10. The van der Waals surface area contributed by atoms with E-state index in [1.165, 1.54) is 19.2 Å². The second-order valence-electron chi connectivity index (χ2n) is 4.78. The monoisotopic (exact) mass is 296 g/mol. The Morgan fingerprint density at radius 3 is 2.76 bits per heavy atom. The second kappa shape index (κ2) is 7.58. The molecule has 0 aliphatic carbocycles. The Morgan fingerprint density at radius 1 is 1.48 bits per heavy atom. The molecule has 1 atom stereocenters. The topological polar surface area (TPSA) is 90.7 Å². The number of benzene rings is 1. The van der Waals surface area contributed by atoms with Crippen molar-refractivity contribution < 1.29 is 19.2 Å². The van der Waals surface area contributed by atoms with E-state index in [2.05, 4.69) is 5.32 Å². The predicted octanol–water partition coefficient (Wildman–Crippen LogP) is 1.90. The van der Waals surface area contributed by atoms with Crippen LogP contribution in [-0.2, 0) is 9.53 Å². The highest BCUT2D eigenvalue weighted by Gasteiger charge is 2.31. The number of nitrogens with one attached hydrogen (secondary N) is 1. The minimum atomic E-state index is -0.763. The standard InChI is InChI=1S/C14H20N2O5/c1-14(15-2,13(17)20-3)8-5-9-21-12-7-4-6-11(10-12)16(18)19/h4,6-7,10,15H,5,8-9H2,1-3H3. The van der Waals surface area contributed by atoms with Gasteiger partial charge >= 0.3 is 5.97 Å². The van der Waals surface area contributed by atoms with Gasteiger partial charge < -0.3 is 14.8 Å². The summed E-state index contributed by atoms with van der Waals surface area (Å²) in [5, 5.41) is 13.6. The summed E-state index contributed by atoms with van der Waals surface area (Å²) in [6.07, 6.45) is 1.14. The van der Waals surface area contributed by atoms with Gasteiger partial charge in [0, 0.05) is 6.07 Å². The zero-order valence-electron chi connectivity index (χ0n) is 12.4. The fraction of sp³-hybridized carbons (Fsp3) is 0.500. The second-order valence-corrected chi connectivity index (χ2v) is 4.78. The normalized spacial score (nSPS) is 13.3. The van der Waals surface area contributed by atoms with Crippen LogP contribution in [0.25, 0.3) is 0 Å². The van der Waals surface area contributed by atoms with Crippen molar-refractivity contribution in [3.63, 3.8) is 0 Å². The van der Waals surface area contributed by atoms with Crippen LogP contribution in [0.15, 0.2) is 24.3 Å². The third kappa shape index (κ3) is 4.71. The lowest BCUT2D eigenvalue weighted by Crippen LogP contribution is -2.48. The van der Waals surface area contributed by atoms with E-state index in [4.69, 9.17) is 9.47 Å². The zero-order valence-corrected chi connectivity index (χ0v) is 12.4. The number of nitrogens with zero attached hydrogens (tertiary/aromatic N) is 1. The molecule has 0 radical (unpaired) electrons. The van der Waals surface area contributed by atoms with Gasteiger partial charge in [-0.15, -0.1) is 0 Å². The first-order chi connectivity index (χ1) is 9.92. The highest BCUT2D eigenvalue weighted by molar-refractivity contribution is 5.80. The van der Waals surface area contributed by atoms with Crippen molar-refractivity contribution in [3.8, 4) is 5.75 Å². The van der Waals surface area contributed by atoms with Crippen molar-refractivity contribution in [3.05, 3.63) is 34.4 Å². The van der Waals surface area contributed by atoms with E-state index in [1.807, 2.05) is 0 Å². The molecular weight excluding hydrogens is 276 g/mol. The summed E-state index contributed by atoms with van der Waals surface area (Å²) < 4.78 is 10.2. The van der Waals surface area contributed by atoms with Gasteiger partial charge in [-0.05, 0) is 32.9 Å². The largest absolute Gasteiger partial charge is 0.493 e. The SMILES string of the molecule is CNC(C)(CCCOc1cccc([N+](=O)[O-])c1)C(=O)OC. The van der Waals surface area contributed by atoms with Crippen molar-refractivity contribution in [1.82, 2.24) is 5.32 Å². The van der Waals surface area contributed by atoms with Crippen molar-refractivity contribution in [2.45, 2.75) is 25.3 Å². The first-order valence-electron chi connectivity index (χ1n) is 6.57. The maximum Gasteiger partial charge on any atom is 0.325 e. The van der Waals surface area contributed by atoms with Gasteiger partial charge in [-0.2, -0.15) is 0 Å². The molecule has 0 amide bonds. The molecular formula is C14H20N2O5. The first kappa shape index (κ1) is 16.9. The van der Waals surface area contributed by atoms with Crippen LogP contribution >= 0.6 is 0 Å². The van der Waals surface area contributed by atoms with Crippen molar-refractivity contribution in [1.29, 1.82) is 0 Å².